The van der Waals surface area contributed by atoms with Crippen LogP contribution in [0.4, 0.5) is 0 Å². The molecular weight excluding hydrogens is 286 g/mol. The van der Waals surface area contributed by atoms with Gasteiger partial charge in [0.1, 0.15) is 0 Å². The molecule has 2 heterocycles. The van der Waals surface area contributed by atoms with Crippen LogP contribution in [0.25, 0.3) is 0 Å². The van der Waals surface area contributed by atoms with Gasteiger partial charge in [0, 0.05) is 18.0 Å². The SMILES string of the molecule is CC1CC(C(C(=O)N2C3CCCC3C[C@H]2C)C(C)C)CC(C)O1. The van der Waals surface area contributed by atoms with Gasteiger partial charge in [-0.3, -0.25) is 4.79 Å². The molecule has 3 rings (SSSR count). The molecule has 1 aliphatic carbocycles. The van der Waals surface area contributed by atoms with E-state index in [4.69, 9.17) is 4.74 Å². The van der Waals surface area contributed by atoms with Gasteiger partial charge in [0.2, 0.25) is 5.91 Å². The maximum absolute atomic E-state index is 13.5. The fourth-order valence-corrected chi connectivity index (χ4v) is 5.87. The summed E-state index contributed by atoms with van der Waals surface area (Å²) >= 11 is 0. The molecule has 1 saturated carbocycles. The molecule has 6 atom stereocenters. The van der Waals surface area contributed by atoms with E-state index < -0.39 is 0 Å². The van der Waals surface area contributed by atoms with Crippen LogP contribution in [0.2, 0.25) is 0 Å². The number of amides is 1. The van der Waals surface area contributed by atoms with E-state index in [9.17, 15) is 4.79 Å². The van der Waals surface area contributed by atoms with E-state index in [1.54, 1.807) is 0 Å². The summed E-state index contributed by atoms with van der Waals surface area (Å²) in [7, 11) is 0. The van der Waals surface area contributed by atoms with Crippen LogP contribution in [0, 0.1) is 23.7 Å². The maximum atomic E-state index is 13.5. The van der Waals surface area contributed by atoms with Crippen molar-refractivity contribution in [2.24, 2.45) is 23.7 Å². The minimum Gasteiger partial charge on any atom is -0.376 e. The lowest BCUT2D eigenvalue weighted by molar-refractivity contribution is -0.146. The largest absolute Gasteiger partial charge is 0.376 e. The van der Waals surface area contributed by atoms with Gasteiger partial charge in [-0.2, -0.15) is 0 Å². The predicted octanol–water partition coefficient (Wildman–Crippen LogP) is 4.25. The zero-order chi connectivity index (χ0) is 16.7. The van der Waals surface area contributed by atoms with Crippen molar-refractivity contribution in [3.8, 4) is 0 Å². The van der Waals surface area contributed by atoms with Crippen molar-refractivity contribution in [2.45, 2.75) is 97.4 Å². The minimum absolute atomic E-state index is 0.172. The van der Waals surface area contributed by atoms with E-state index in [0.717, 1.165) is 18.8 Å². The fourth-order valence-electron chi connectivity index (χ4n) is 5.87. The first-order chi connectivity index (χ1) is 10.9. The molecule has 0 aromatic heterocycles. The van der Waals surface area contributed by atoms with E-state index in [0.29, 0.717) is 29.8 Å². The van der Waals surface area contributed by atoms with Gasteiger partial charge in [0.25, 0.3) is 0 Å². The lowest BCUT2D eigenvalue weighted by Crippen LogP contribution is -2.48. The quantitative estimate of drug-likeness (QED) is 0.777. The Balaban J connectivity index is 1.79. The fraction of sp³-hybridized carbons (Fsp3) is 0.950. The number of carbonyl (C=O) groups is 1. The molecule has 2 saturated heterocycles. The van der Waals surface area contributed by atoms with Gasteiger partial charge < -0.3 is 9.64 Å². The van der Waals surface area contributed by atoms with Gasteiger partial charge in [-0.05, 0) is 70.6 Å². The average molecular weight is 322 g/mol. The number of carbonyl (C=O) groups excluding carboxylic acids is 1. The molecule has 5 unspecified atom stereocenters. The number of likely N-dealkylation sites (tertiary alicyclic amines) is 1. The number of fused-ring (bicyclic) bond motifs is 1. The zero-order valence-corrected chi connectivity index (χ0v) is 15.6. The Bertz CT molecular complexity index is 425. The van der Waals surface area contributed by atoms with Gasteiger partial charge in [-0.1, -0.05) is 20.3 Å². The second kappa shape index (κ2) is 6.74. The molecule has 3 heteroatoms. The Morgan fingerprint density at radius 3 is 2.30 bits per heavy atom. The predicted molar refractivity (Wildman–Crippen MR) is 93.1 cm³/mol. The summed E-state index contributed by atoms with van der Waals surface area (Å²) in [6.45, 7) is 11.1. The second-order valence-corrected chi connectivity index (χ2v) is 8.85. The number of rotatable bonds is 3. The van der Waals surface area contributed by atoms with Crippen LogP contribution < -0.4 is 0 Å². The molecule has 3 aliphatic rings. The maximum Gasteiger partial charge on any atom is 0.226 e. The van der Waals surface area contributed by atoms with Crippen LogP contribution in [0.1, 0.15) is 73.1 Å². The first-order valence-electron chi connectivity index (χ1n) is 9.86. The van der Waals surface area contributed by atoms with Gasteiger partial charge in [-0.25, -0.2) is 0 Å². The van der Waals surface area contributed by atoms with E-state index >= 15 is 0 Å². The van der Waals surface area contributed by atoms with Crippen molar-refractivity contribution in [1.82, 2.24) is 4.90 Å². The molecular formula is C20H35NO2. The molecule has 23 heavy (non-hydrogen) atoms. The number of ether oxygens (including phenoxy) is 1. The normalized spacial score (nSPS) is 42.1. The van der Waals surface area contributed by atoms with Crippen molar-refractivity contribution < 1.29 is 9.53 Å². The van der Waals surface area contributed by atoms with Gasteiger partial charge in [0.15, 0.2) is 0 Å². The van der Waals surface area contributed by atoms with Crippen LogP contribution >= 0.6 is 0 Å². The van der Waals surface area contributed by atoms with Crippen molar-refractivity contribution in [2.75, 3.05) is 0 Å². The number of hydrogen-bond donors (Lipinski definition) is 0. The first kappa shape index (κ1) is 17.3. The molecule has 3 nitrogen and oxygen atoms in total. The van der Waals surface area contributed by atoms with Gasteiger partial charge >= 0.3 is 0 Å². The molecule has 2 aliphatic heterocycles. The summed E-state index contributed by atoms with van der Waals surface area (Å²) < 4.78 is 5.92. The molecule has 1 amide bonds. The summed E-state index contributed by atoms with van der Waals surface area (Å²) in [6, 6.07) is 0.974. The third-order valence-corrected chi connectivity index (χ3v) is 6.59. The Morgan fingerprint density at radius 2 is 1.70 bits per heavy atom. The Kier molecular flexibility index (Phi) is 5.06. The topological polar surface area (TPSA) is 29.5 Å². The second-order valence-electron chi connectivity index (χ2n) is 8.85. The highest BCUT2D eigenvalue weighted by Crippen LogP contribution is 2.44. The van der Waals surface area contributed by atoms with Crippen molar-refractivity contribution in [3.63, 3.8) is 0 Å². The highest BCUT2D eigenvalue weighted by atomic mass is 16.5. The molecule has 3 fully saturated rings. The van der Waals surface area contributed by atoms with Crippen LogP contribution in [0.5, 0.6) is 0 Å². The highest BCUT2D eigenvalue weighted by molar-refractivity contribution is 5.80. The monoisotopic (exact) mass is 321 g/mol. The van der Waals surface area contributed by atoms with Gasteiger partial charge in [-0.15, -0.1) is 0 Å². The summed E-state index contributed by atoms with van der Waals surface area (Å²) in [4.78, 5) is 15.9. The standard InChI is InChI=1S/C20H35NO2/c1-12(2)19(17-10-14(4)23-15(5)11-17)20(22)21-13(3)9-16-7-6-8-18(16)21/h12-19H,6-11H2,1-5H3/t13-,14?,15?,16?,17?,18?,19?/m1/s1. The molecule has 0 bridgehead atoms. The van der Waals surface area contributed by atoms with Crippen LogP contribution in [0.3, 0.4) is 0 Å². The highest BCUT2D eigenvalue weighted by Gasteiger charge is 2.47. The number of nitrogens with zero attached hydrogens (tertiary/aromatic N) is 1. The summed E-state index contributed by atoms with van der Waals surface area (Å²) in [5.74, 6) is 2.29. The van der Waals surface area contributed by atoms with Crippen molar-refractivity contribution in [1.29, 1.82) is 0 Å². The van der Waals surface area contributed by atoms with Gasteiger partial charge in [0.05, 0.1) is 12.2 Å². The molecule has 0 N–H and O–H groups in total. The molecule has 0 aromatic rings. The Labute approximate surface area is 142 Å². The zero-order valence-electron chi connectivity index (χ0n) is 15.6. The van der Waals surface area contributed by atoms with E-state index in [2.05, 4.69) is 39.5 Å². The third-order valence-electron chi connectivity index (χ3n) is 6.59. The third kappa shape index (κ3) is 3.31. The van der Waals surface area contributed by atoms with Crippen molar-refractivity contribution >= 4 is 5.91 Å². The first-order valence-corrected chi connectivity index (χ1v) is 9.86. The molecule has 0 aromatic carbocycles. The minimum atomic E-state index is 0.172. The molecule has 0 radical (unpaired) electrons. The van der Waals surface area contributed by atoms with E-state index in [-0.39, 0.29) is 18.1 Å². The average Bonchev–Trinajstić information content (AvgIpc) is 2.96. The molecule has 0 spiro atoms. The molecule has 132 valence electrons. The Morgan fingerprint density at radius 1 is 1.04 bits per heavy atom. The lowest BCUT2D eigenvalue weighted by atomic mass is 9.75. The van der Waals surface area contributed by atoms with Crippen LogP contribution in [-0.4, -0.2) is 35.1 Å². The van der Waals surface area contributed by atoms with Crippen molar-refractivity contribution in [3.05, 3.63) is 0 Å². The Hall–Kier alpha value is -0.570. The summed E-state index contributed by atoms with van der Waals surface area (Å²) in [5.41, 5.74) is 0. The smallest absolute Gasteiger partial charge is 0.226 e. The lowest BCUT2D eigenvalue weighted by Gasteiger charge is -2.41. The number of hydrogen-bond acceptors (Lipinski definition) is 2. The van der Waals surface area contributed by atoms with E-state index in [1.165, 1.54) is 25.7 Å². The van der Waals surface area contributed by atoms with E-state index in [1.807, 2.05) is 0 Å². The van der Waals surface area contributed by atoms with Crippen LogP contribution in [0.15, 0.2) is 0 Å². The summed E-state index contributed by atoms with van der Waals surface area (Å²) in [6.07, 6.45) is 7.74. The van der Waals surface area contributed by atoms with Crippen LogP contribution in [-0.2, 0) is 9.53 Å². The summed E-state index contributed by atoms with van der Waals surface area (Å²) in [5, 5.41) is 0.